The molecule has 0 unspecified atom stereocenters. The number of nitrogens with zero attached hydrogens (tertiary/aromatic N) is 5. The molecule has 0 saturated carbocycles. The van der Waals surface area contributed by atoms with Crippen LogP contribution in [0.5, 0.6) is 5.88 Å². The number of benzene rings is 2. The number of hydrogen-bond acceptors (Lipinski definition) is 8. The standard InChI is InChI=1S/C32H32F5N7O4/c1-42-10-12-43(13-11-42)22-3-4-23(26(17-22)44(31(46)32(35,36)37)21-8-14-47-15-9-21)30(45)39-29-28-25(40-41-29)6-7-27(38-28)48-18-19-16-20(33)2-5-24(19)34/h2-7,16-17,21H,8-15,18H2,1H3,(H2,39,40,41,45). The number of likely N-dealkylation sites (N-methyl/N-ethyl adjacent to an activating group) is 1. The summed E-state index contributed by atoms with van der Waals surface area (Å²) in [5, 5.41) is 9.43. The minimum atomic E-state index is -5.21. The lowest BCUT2D eigenvalue weighted by Crippen LogP contribution is -2.50. The summed E-state index contributed by atoms with van der Waals surface area (Å²) in [6.07, 6.45) is -4.90. The number of pyridine rings is 1. The zero-order chi connectivity index (χ0) is 34.0. The topological polar surface area (TPSA) is 116 Å². The zero-order valence-electron chi connectivity index (χ0n) is 25.8. The Morgan fingerprint density at radius 2 is 1.79 bits per heavy atom. The van der Waals surface area contributed by atoms with E-state index in [1.165, 1.54) is 18.2 Å². The average molecular weight is 674 g/mol. The minimum Gasteiger partial charge on any atom is -0.473 e. The van der Waals surface area contributed by atoms with Gasteiger partial charge in [0.05, 0.1) is 16.8 Å². The highest BCUT2D eigenvalue weighted by Crippen LogP contribution is 2.35. The van der Waals surface area contributed by atoms with Crippen molar-refractivity contribution in [2.75, 3.05) is 61.6 Å². The van der Waals surface area contributed by atoms with E-state index < -0.39 is 35.7 Å². The quantitative estimate of drug-likeness (QED) is 0.254. The van der Waals surface area contributed by atoms with E-state index in [1.807, 2.05) is 11.9 Å². The molecule has 2 amide bonds. The number of rotatable bonds is 8. The third-order valence-corrected chi connectivity index (χ3v) is 8.37. The van der Waals surface area contributed by atoms with E-state index in [-0.39, 0.29) is 66.7 Å². The molecule has 0 radical (unpaired) electrons. The summed E-state index contributed by atoms with van der Waals surface area (Å²) in [7, 11) is 1.97. The molecule has 11 nitrogen and oxygen atoms in total. The molecule has 4 heterocycles. The average Bonchev–Trinajstić information content (AvgIpc) is 3.47. The summed E-state index contributed by atoms with van der Waals surface area (Å²) in [6, 6.07) is 9.61. The van der Waals surface area contributed by atoms with Crippen LogP contribution in [-0.2, 0) is 16.1 Å². The van der Waals surface area contributed by atoms with E-state index in [0.717, 1.165) is 31.3 Å². The first-order chi connectivity index (χ1) is 23.0. The number of anilines is 3. The molecule has 0 atom stereocenters. The molecule has 2 aliphatic heterocycles. The van der Waals surface area contributed by atoms with Gasteiger partial charge >= 0.3 is 12.1 Å². The molecular weight excluding hydrogens is 641 g/mol. The lowest BCUT2D eigenvalue weighted by molar-refractivity contribution is -0.171. The maximum atomic E-state index is 14.1. The van der Waals surface area contributed by atoms with E-state index in [1.54, 1.807) is 12.1 Å². The molecular formula is C32H32F5N7O4. The lowest BCUT2D eigenvalue weighted by Gasteiger charge is -2.37. The molecule has 4 aromatic rings. The van der Waals surface area contributed by atoms with Crippen molar-refractivity contribution >= 4 is 40.0 Å². The summed E-state index contributed by atoms with van der Waals surface area (Å²) >= 11 is 0. The van der Waals surface area contributed by atoms with E-state index in [9.17, 15) is 31.5 Å². The summed E-state index contributed by atoms with van der Waals surface area (Å²) in [5.74, 6) is -4.26. The zero-order valence-corrected chi connectivity index (χ0v) is 25.8. The van der Waals surface area contributed by atoms with Crippen LogP contribution in [0.25, 0.3) is 11.0 Å². The molecule has 2 fully saturated rings. The second-order valence-corrected chi connectivity index (χ2v) is 11.6. The third kappa shape index (κ3) is 7.18. The fraction of sp³-hybridized carbons (Fsp3) is 0.375. The maximum absolute atomic E-state index is 14.1. The van der Waals surface area contributed by atoms with Crippen LogP contribution < -0.4 is 19.9 Å². The smallest absolute Gasteiger partial charge is 0.471 e. The van der Waals surface area contributed by atoms with Crippen LogP contribution in [0.3, 0.4) is 0 Å². The second kappa shape index (κ2) is 13.7. The van der Waals surface area contributed by atoms with Crippen LogP contribution in [-0.4, -0.2) is 90.6 Å². The Kier molecular flexibility index (Phi) is 9.46. The van der Waals surface area contributed by atoms with Gasteiger partial charge in [0.15, 0.2) is 5.82 Å². The Bertz CT molecular complexity index is 1800. The first-order valence-corrected chi connectivity index (χ1v) is 15.3. The molecule has 16 heteroatoms. The van der Waals surface area contributed by atoms with E-state index >= 15 is 0 Å². The lowest BCUT2D eigenvalue weighted by atomic mass is 10.0. The number of amides is 2. The molecule has 2 aromatic heterocycles. The third-order valence-electron chi connectivity index (χ3n) is 8.37. The number of hydrogen-bond donors (Lipinski definition) is 2. The number of carbonyl (C=O) groups is 2. The first-order valence-electron chi connectivity index (χ1n) is 15.3. The molecule has 2 aliphatic rings. The number of aromatic amines is 1. The first kappa shape index (κ1) is 33.1. The summed E-state index contributed by atoms with van der Waals surface area (Å²) in [6.45, 7) is 2.65. The van der Waals surface area contributed by atoms with Crippen molar-refractivity contribution in [2.45, 2.75) is 31.7 Å². The molecule has 2 aromatic carbocycles. The number of alkyl halides is 3. The Labute approximate surface area is 271 Å². The van der Waals surface area contributed by atoms with Crippen molar-refractivity contribution in [3.8, 4) is 5.88 Å². The van der Waals surface area contributed by atoms with Crippen molar-refractivity contribution in [2.24, 2.45) is 0 Å². The van der Waals surface area contributed by atoms with Gasteiger partial charge in [0.25, 0.3) is 5.91 Å². The van der Waals surface area contributed by atoms with Gasteiger partial charge in [-0.15, -0.1) is 0 Å². The Balaban J connectivity index is 1.33. The Morgan fingerprint density at radius 3 is 2.52 bits per heavy atom. The summed E-state index contributed by atoms with van der Waals surface area (Å²) in [5.41, 5.74) is 0.701. The Morgan fingerprint density at radius 1 is 1.04 bits per heavy atom. The van der Waals surface area contributed by atoms with Crippen molar-refractivity contribution in [1.82, 2.24) is 20.1 Å². The maximum Gasteiger partial charge on any atom is 0.471 e. The SMILES string of the molecule is CN1CCN(c2ccc(C(=O)Nc3n[nH]c4ccc(OCc5cc(F)ccc5F)nc34)c(N(C(=O)C(F)(F)F)C3CCOCC3)c2)CC1. The molecule has 0 spiro atoms. The predicted molar refractivity (Wildman–Crippen MR) is 166 cm³/mol. The molecule has 2 N–H and O–H groups in total. The van der Waals surface area contributed by atoms with Crippen molar-refractivity contribution in [3.05, 3.63) is 71.3 Å². The van der Waals surface area contributed by atoms with Crippen LogP contribution >= 0.6 is 0 Å². The van der Waals surface area contributed by atoms with Gasteiger partial charge < -0.3 is 29.5 Å². The molecule has 254 valence electrons. The summed E-state index contributed by atoms with van der Waals surface area (Å²) < 4.78 is 80.9. The van der Waals surface area contributed by atoms with E-state index in [2.05, 4.69) is 25.4 Å². The highest BCUT2D eigenvalue weighted by Gasteiger charge is 2.46. The largest absolute Gasteiger partial charge is 0.473 e. The highest BCUT2D eigenvalue weighted by molar-refractivity contribution is 6.13. The normalized spacial score (nSPS) is 16.2. The van der Waals surface area contributed by atoms with Crippen molar-refractivity contribution < 1.29 is 41.0 Å². The monoisotopic (exact) mass is 673 g/mol. The number of carbonyl (C=O) groups excluding carboxylic acids is 2. The summed E-state index contributed by atoms with van der Waals surface area (Å²) in [4.78, 5) is 36.0. The fourth-order valence-electron chi connectivity index (χ4n) is 5.75. The molecule has 6 rings (SSSR count). The molecule has 48 heavy (non-hydrogen) atoms. The number of aromatic nitrogens is 3. The number of halogens is 5. The van der Waals surface area contributed by atoms with Gasteiger partial charge in [-0.1, -0.05) is 0 Å². The van der Waals surface area contributed by atoms with Gasteiger partial charge in [-0.3, -0.25) is 14.7 Å². The van der Waals surface area contributed by atoms with Gasteiger partial charge in [0, 0.05) is 62.8 Å². The predicted octanol–water partition coefficient (Wildman–Crippen LogP) is 4.89. The van der Waals surface area contributed by atoms with Crippen LogP contribution in [0.2, 0.25) is 0 Å². The molecule has 2 saturated heterocycles. The van der Waals surface area contributed by atoms with Crippen molar-refractivity contribution in [1.29, 1.82) is 0 Å². The number of nitrogens with one attached hydrogen (secondary N) is 2. The highest BCUT2D eigenvalue weighted by atomic mass is 19.4. The fourth-order valence-corrected chi connectivity index (χ4v) is 5.75. The minimum absolute atomic E-state index is 0.0155. The van der Waals surface area contributed by atoms with Gasteiger partial charge in [-0.25, -0.2) is 13.8 Å². The second-order valence-electron chi connectivity index (χ2n) is 11.6. The molecule has 0 aliphatic carbocycles. The van der Waals surface area contributed by atoms with Gasteiger partial charge in [-0.05, 0) is 62.4 Å². The Hall–Kier alpha value is -4.83. The number of fused-ring (bicyclic) bond motifs is 1. The van der Waals surface area contributed by atoms with Crippen LogP contribution in [0.4, 0.5) is 39.1 Å². The van der Waals surface area contributed by atoms with Crippen LogP contribution in [0, 0.1) is 11.6 Å². The van der Waals surface area contributed by atoms with Gasteiger partial charge in [0.1, 0.15) is 23.8 Å². The molecule has 0 bridgehead atoms. The van der Waals surface area contributed by atoms with E-state index in [0.29, 0.717) is 29.2 Å². The number of piperazine rings is 1. The van der Waals surface area contributed by atoms with Gasteiger partial charge in [-0.2, -0.15) is 18.3 Å². The number of H-pyrrole nitrogens is 1. The van der Waals surface area contributed by atoms with Crippen molar-refractivity contribution in [3.63, 3.8) is 0 Å². The van der Waals surface area contributed by atoms with Crippen LogP contribution in [0.1, 0.15) is 28.8 Å². The van der Waals surface area contributed by atoms with E-state index in [4.69, 9.17) is 9.47 Å². The van der Waals surface area contributed by atoms with Gasteiger partial charge in [0.2, 0.25) is 5.88 Å². The van der Waals surface area contributed by atoms with Crippen LogP contribution in [0.15, 0.2) is 48.5 Å². The number of ether oxygens (including phenoxy) is 2.